The predicted molar refractivity (Wildman–Crippen MR) is 92.5 cm³/mol. The second kappa shape index (κ2) is 6.42. The Balaban J connectivity index is 1.87. The summed E-state index contributed by atoms with van der Waals surface area (Å²) in [5.74, 6) is 0.134. The summed E-state index contributed by atoms with van der Waals surface area (Å²) in [4.78, 5) is 19.6. The lowest BCUT2D eigenvalue weighted by molar-refractivity contribution is -0.131. The van der Waals surface area contributed by atoms with Crippen molar-refractivity contribution in [3.63, 3.8) is 0 Å². The lowest BCUT2D eigenvalue weighted by Crippen LogP contribution is -2.33. The smallest absolute Gasteiger partial charge is 0.222 e. The maximum Gasteiger partial charge on any atom is 0.222 e. The number of amides is 1. The summed E-state index contributed by atoms with van der Waals surface area (Å²) in [6, 6.07) is 10.2. The largest absolute Gasteiger partial charge is 0.369 e. The maximum atomic E-state index is 11.9. The van der Waals surface area contributed by atoms with Gasteiger partial charge in [0, 0.05) is 32.5 Å². The number of carbonyl (C=O) groups is 1. The molecule has 0 saturated heterocycles. The van der Waals surface area contributed by atoms with Crippen molar-refractivity contribution in [1.82, 2.24) is 9.88 Å². The summed E-state index contributed by atoms with van der Waals surface area (Å²) < 4.78 is 6.07. The van der Waals surface area contributed by atoms with Crippen LogP contribution in [0.4, 0.5) is 0 Å². The lowest BCUT2D eigenvalue weighted by atomic mass is 9.93. The van der Waals surface area contributed by atoms with E-state index in [1.54, 1.807) is 30.3 Å². The first-order chi connectivity index (χ1) is 11.0. The molecule has 5 heteroatoms. The Bertz CT molecular complexity index is 696. The van der Waals surface area contributed by atoms with E-state index in [-0.39, 0.29) is 5.91 Å². The zero-order chi connectivity index (χ0) is 16.4. The molecule has 0 aliphatic carbocycles. The molecule has 0 bridgehead atoms. The predicted octanol–water partition coefficient (Wildman–Crippen LogP) is 3.47. The molecule has 0 fully saturated rings. The van der Waals surface area contributed by atoms with Crippen LogP contribution in [-0.4, -0.2) is 36.5 Å². The normalized spacial score (nSPS) is 20.1. The van der Waals surface area contributed by atoms with Crippen LogP contribution in [0.2, 0.25) is 0 Å². The fraction of sp³-hybridized carbons (Fsp3) is 0.444. The number of thiazole rings is 1. The first kappa shape index (κ1) is 16.1. The zero-order valence-electron chi connectivity index (χ0n) is 13.8. The summed E-state index contributed by atoms with van der Waals surface area (Å²) in [5, 5.41) is 1.03. The molecule has 1 aliphatic heterocycles. The van der Waals surface area contributed by atoms with Gasteiger partial charge in [0.15, 0.2) is 0 Å². The zero-order valence-corrected chi connectivity index (χ0v) is 14.7. The Kier molecular flexibility index (Phi) is 4.50. The van der Waals surface area contributed by atoms with Crippen molar-refractivity contribution >= 4 is 17.2 Å². The Hall–Kier alpha value is -1.72. The first-order valence-corrected chi connectivity index (χ1v) is 8.71. The number of aromatic nitrogens is 1. The molecule has 0 radical (unpaired) electrons. The van der Waals surface area contributed by atoms with Crippen LogP contribution in [-0.2, 0) is 21.6 Å². The monoisotopic (exact) mass is 330 g/mol. The number of fused-ring (bicyclic) bond motifs is 1. The van der Waals surface area contributed by atoms with Crippen molar-refractivity contribution in [3.8, 4) is 10.6 Å². The van der Waals surface area contributed by atoms with Crippen molar-refractivity contribution in [2.75, 3.05) is 20.7 Å². The Morgan fingerprint density at radius 2 is 2.09 bits per heavy atom. The van der Waals surface area contributed by atoms with Gasteiger partial charge in [-0.2, -0.15) is 0 Å². The number of carbonyl (C=O) groups excluding carboxylic acids is 1. The molecule has 1 unspecified atom stereocenters. The highest BCUT2D eigenvalue weighted by Crippen LogP contribution is 2.42. The van der Waals surface area contributed by atoms with Crippen LogP contribution in [0.5, 0.6) is 0 Å². The number of nitrogens with zero attached hydrogens (tertiary/aromatic N) is 2. The number of ether oxygens (including phenoxy) is 1. The molecular formula is C18H22N2O2S. The van der Waals surface area contributed by atoms with Crippen LogP contribution in [0.15, 0.2) is 30.3 Å². The van der Waals surface area contributed by atoms with E-state index in [0.29, 0.717) is 19.4 Å². The maximum absolute atomic E-state index is 11.9. The van der Waals surface area contributed by atoms with E-state index in [1.165, 1.54) is 4.88 Å². The Labute approximate surface area is 141 Å². The topological polar surface area (TPSA) is 42.4 Å². The third-order valence-corrected chi connectivity index (χ3v) is 5.66. The molecule has 2 aromatic rings. The molecule has 23 heavy (non-hydrogen) atoms. The highest BCUT2D eigenvalue weighted by molar-refractivity contribution is 7.15. The fourth-order valence-electron chi connectivity index (χ4n) is 2.83. The molecule has 1 aromatic carbocycles. The molecule has 1 atom stereocenters. The third-order valence-electron chi connectivity index (χ3n) is 4.27. The van der Waals surface area contributed by atoms with Crippen molar-refractivity contribution in [3.05, 3.63) is 40.9 Å². The summed E-state index contributed by atoms with van der Waals surface area (Å²) in [6.07, 6.45) is 2.02. The van der Waals surface area contributed by atoms with Gasteiger partial charge >= 0.3 is 0 Å². The molecule has 0 N–H and O–H groups in total. The fourth-order valence-corrected chi connectivity index (χ4v) is 4.08. The molecule has 1 aromatic heterocycles. The number of hydrogen-bond acceptors (Lipinski definition) is 4. The van der Waals surface area contributed by atoms with Gasteiger partial charge in [0.05, 0.1) is 17.2 Å². The molecule has 3 rings (SSSR count). The number of hydrogen-bond donors (Lipinski definition) is 0. The van der Waals surface area contributed by atoms with Gasteiger partial charge in [-0.1, -0.05) is 30.3 Å². The second-order valence-corrected chi connectivity index (χ2v) is 7.28. The summed E-state index contributed by atoms with van der Waals surface area (Å²) in [5.41, 5.74) is 1.85. The van der Waals surface area contributed by atoms with E-state index in [2.05, 4.69) is 19.1 Å². The molecular weight excluding hydrogens is 308 g/mol. The Morgan fingerprint density at radius 1 is 1.35 bits per heavy atom. The Morgan fingerprint density at radius 3 is 2.78 bits per heavy atom. The molecule has 1 amide bonds. The molecule has 4 nitrogen and oxygen atoms in total. The average molecular weight is 330 g/mol. The van der Waals surface area contributed by atoms with Crippen molar-refractivity contribution in [2.24, 2.45) is 0 Å². The molecule has 1 aliphatic rings. The van der Waals surface area contributed by atoms with Gasteiger partial charge < -0.3 is 9.64 Å². The van der Waals surface area contributed by atoms with Gasteiger partial charge in [-0.15, -0.1) is 11.3 Å². The average Bonchev–Trinajstić information content (AvgIpc) is 2.99. The summed E-state index contributed by atoms with van der Waals surface area (Å²) in [7, 11) is 3.58. The highest BCUT2D eigenvalue weighted by Gasteiger charge is 2.37. The molecule has 0 saturated carbocycles. The summed E-state index contributed by atoms with van der Waals surface area (Å²) in [6.45, 7) is 2.75. The van der Waals surface area contributed by atoms with Gasteiger partial charge in [0.1, 0.15) is 10.6 Å². The van der Waals surface area contributed by atoms with Crippen molar-refractivity contribution in [2.45, 2.75) is 31.8 Å². The van der Waals surface area contributed by atoms with Crippen LogP contribution in [0.1, 0.15) is 30.3 Å². The van der Waals surface area contributed by atoms with Crippen LogP contribution in [0.25, 0.3) is 10.6 Å². The van der Waals surface area contributed by atoms with Crippen LogP contribution in [0, 0.1) is 0 Å². The summed E-state index contributed by atoms with van der Waals surface area (Å²) >= 11 is 1.69. The quantitative estimate of drug-likeness (QED) is 0.862. The van der Waals surface area contributed by atoms with Crippen molar-refractivity contribution in [1.29, 1.82) is 0 Å². The highest BCUT2D eigenvalue weighted by atomic mass is 32.1. The molecule has 122 valence electrons. The van der Waals surface area contributed by atoms with Gasteiger partial charge in [-0.25, -0.2) is 4.98 Å². The van der Waals surface area contributed by atoms with E-state index in [0.717, 1.165) is 22.7 Å². The van der Waals surface area contributed by atoms with E-state index in [4.69, 9.17) is 9.72 Å². The minimum absolute atomic E-state index is 0.134. The minimum atomic E-state index is -0.413. The first-order valence-electron chi connectivity index (χ1n) is 7.89. The standard InChI is InChI=1S/C18H22N2O2S/c1-18(11-9-15(21)20(2)3)16-14(10-12-22-18)19-17(23-16)13-7-5-4-6-8-13/h4-8H,9-12H2,1-3H3. The van der Waals surface area contributed by atoms with Gasteiger partial charge in [0.2, 0.25) is 5.91 Å². The van der Waals surface area contributed by atoms with Crippen molar-refractivity contribution < 1.29 is 9.53 Å². The molecule has 2 heterocycles. The van der Waals surface area contributed by atoms with Gasteiger partial charge in [0.25, 0.3) is 0 Å². The SMILES string of the molecule is CN(C)C(=O)CCC1(C)OCCc2nc(-c3ccccc3)sc21. The third kappa shape index (κ3) is 3.31. The minimum Gasteiger partial charge on any atom is -0.369 e. The number of benzene rings is 1. The van der Waals surface area contributed by atoms with E-state index in [9.17, 15) is 4.79 Å². The lowest BCUT2D eigenvalue weighted by Gasteiger charge is -2.33. The molecule has 0 spiro atoms. The second-order valence-electron chi connectivity index (χ2n) is 6.28. The van der Waals surface area contributed by atoms with E-state index < -0.39 is 5.60 Å². The van der Waals surface area contributed by atoms with Crippen LogP contribution in [0.3, 0.4) is 0 Å². The van der Waals surface area contributed by atoms with E-state index >= 15 is 0 Å². The number of rotatable bonds is 4. The van der Waals surface area contributed by atoms with Crippen LogP contribution >= 0.6 is 11.3 Å². The van der Waals surface area contributed by atoms with E-state index in [1.807, 2.05) is 18.2 Å². The van der Waals surface area contributed by atoms with Gasteiger partial charge in [-0.3, -0.25) is 4.79 Å². The van der Waals surface area contributed by atoms with Crippen LogP contribution < -0.4 is 0 Å². The van der Waals surface area contributed by atoms with Gasteiger partial charge in [-0.05, 0) is 13.3 Å².